The molecular formula is C28H27NO8. The molecule has 0 aliphatic heterocycles. The summed E-state index contributed by atoms with van der Waals surface area (Å²) >= 11 is 0. The molecule has 37 heavy (non-hydrogen) atoms. The maximum atomic E-state index is 13.1. The van der Waals surface area contributed by atoms with E-state index in [9.17, 15) is 29.4 Å². The van der Waals surface area contributed by atoms with Crippen LogP contribution < -0.4 is 10.1 Å². The predicted molar refractivity (Wildman–Crippen MR) is 135 cm³/mol. The van der Waals surface area contributed by atoms with Crippen molar-refractivity contribution in [2.45, 2.75) is 25.8 Å². The van der Waals surface area contributed by atoms with Crippen molar-refractivity contribution in [2.24, 2.45) is 5.92 Å². The van der Waals surface area contributed by atoms with Gasteiger partial charge >= 0.3 is 17.9 Å². The van der Waals surface area contributed by atoms with Crippen LogP contribution >= 0.6 is 0 Å². The first-order chi connectivity index (χ1) is 17.6. The molecule has 9 heteroatoms. The molecule has 0 bridgehead atoms. The highest BCUT2D eigenvalue weighted by Gasteiger charge is 2.22. The molecule has 0 fully saturated rings. The Balaban J connectivity index is 1.82. The van der Waals surface area contributed by atoms with Crippen LogP contribution in [0, 0.1) is 5.92 Å². The molecule has 0 spiro atoms. The van der Waals surface area contributed by atoms with Crippen molar-refractivity contribution in [1.29, 1.82) is 0 Å². The van der Waals surface area contributed by atoms with Gasteiger partial charge in [0, 0.05) is 11.6 Å². The van der Waals surface area contributed by atoms with Crippen molar-refractivity contribution in [3.05, 3.63) is 89.5 Å². The average molecular weight is 506 g/mol. The number of hydrogen-bond donors (Lipinski definition) is 4. The van der Waals surface area contributed by atoms with Crippen LogP contribution in [0.4, 0.5) is 0 Å². The van der Waals surface area contributed by atoms with Gasteiger partial charge < -0.3 is 25.4 Å². The predicted octanol–water partition coefficient (Wildman–Crippen LogP) is 3.97. The van der Waals surface area contributed by atoms with Gasteiger partial charge in [-0.05, 0) is 47.7 Å². The molecule has 0 saturated heterocycles. The Kier molecular flexibility index (Phi) is 8.99. The molecule has 0 radical (unpaired) electrons. The molecule has 4 N–H and O–H groups in total. The second-order valence-electron chi connectivity index (χ2n) is 8.65. The quantitative estimate of drug-likeness (QED) is 0.289. The van der Waals surface area contributed by atoms with Crippen LogP contribution in [-0.2, 0) is 16.0 Å². The number of rotatable bonds is 12. The summed E-state index contributed by atoms with van der Waals surface area (Å²) in [6.45, 7) is 0.838. The lowest BCUT2D eigenvalue weighted by Crippen LogP contribution is -2.38. The molecule has 0 saturated carbocycles. The summed E-state index contributed by atoms with van der Waals surface area (Å²) in [5, 5.41) is 30.4. The molecule has 3 rings (SSSR count). The summed E-state index contributed by atoms with van der Waals surface area (Å²) < 4.78 is 5.07. The average Bonchev–Trinajstić information content (AvgIpc) is 2.88. The first kappa shape index (κ1) is 26.9. The molecule has 3 aromatic rings. The number of benzene rings is 3. The lowest BCUT2D eigenvalue weighted by Gasteiger charge is -2.21. The summed E-state index contributed by atoms with van der Waals surface area (Å²) in [5.41, 5.74) is 2.65. The molecule has 2 atom stereocenters. The van der Waals surface area contributed by atoms with Gasteiger partial charge in [-0.1, -0.05) is 61.5 Å². The molecule has 0 aliphatic carbocycles. The third-order valence-electron chi connectivity index (χ3n) is 5.72. The first-order valence-corrected chi connectivity index (χ1v) is 11.5. The van der Waals surface area contributed by atoms with Gasteiger partial charge in [-0.2, -0.15) is 0 Å². The number of nitrogens with one attached hydrogen (secondary N) is 1. The van der Waals surface area contributed by atoms with Crippen molar-refractivity contribution in [1.82, 2.24) is 5.32 Å². The van der Waals surface area contributed by atoms with Gasteiger partial charge in [0.25, 0.3) is 5.91 Å². The minimum atomic E-state index is -1.32. The number of carboxylic acid groups (broad SMARTS) is 3. The normalized spacial score (nSPS) is 12.2. The van der Waals surface area contributed by atoms with E-state index in [1.54, 1.807) is 6.92 Å². The minimum absolute atomic E-state index is 0.0484. The van der Waals surface area contributed by atoms with Crippen LogP contribution in [0.25, 0.3) is 11.1 Å². The van der Waals surface area contributed by atoms with Crippen LogP contribution in [0.3, 0.4) is 0 Å². The molecular weight excluding hydrogens is 478 g/mol. The molecule has 3 aromatic carbocycles. The third kappa shape index (κ3) is 7.93. The molecule has 192 valence electrons. The zero-order valence-corrected chi connectivity index (χ0v) is 20.1. The highest BCUT2D eigenvalue weighted by atomic mass is 16.5. The minimum Gasteiger partial charge on any atom is -0.482 e. The van der Waals surface area contributed by atoms with Crippen LogP contribution in [0.2, 0.25) is 0 Å². The lowest BCUT2D eigenvalue weighted by atomic mass is 9.94. The molecule has 1 unspecified atom stereocenters. The summed E-state index contributed by atoms with van der Waals surface area (Å²) in [6, 6.07) is 20.5. The molecule has 9 nitrogen and oxygen atoms in total. The van der Waals surface area contributed by atoms with Gasteiger partial charge in [-0.25, -0.2) is 9.59 Å². The van der Waals surface area contributed by atoms with E-state index in [0.717, 1.165) is 28.8 Å². The topological polar surface area (TPSA) is 150 Å². The second-order valence-corrected chi connectivity index (χ2v) is 8.65. The van der Waals surface area contributed by atoms with Gasteiger partial charge in [0.2, 0.25) is 0 Å². The fraction of sp³-hybridized carbons (Fsp3) is 0.214. The smallest absolute Gasteiger partial charge is 0.341 e. The summed E-state index contributed by atoms with van der Waals surface area (Å²) in [7, 11) is 0. The van der Waals surface area contributed by atoms with E-state index in [2.05, 4.69) is 5.32 Å². The second kappa shape index (κ2) is 12.3. The Morgan fingerprint density at radius 3 is 2.05 bits per heavy atom. The van der Waals surface area contributed by atoms with Gasteiger partial charge in [0.15, 0.2) is 6.61 Å². The zero-order chi connectivity index (χ0) is 26.9. The van der Waals surface area contributed by atoms with Crippen molar-refractivity contribution in [2.75, 3.05) is 6.61 Å². The monoisotopic (exact) mass is 505 g/mol. The van der Waals surface area contributed by atoms with E-state index in [1.165, 1.54) is 6.07 Å². The summed E-state index contributed by atoms with van der Waals surface area (Å²) in [5.74, 6) is -5.03. The Labute approximate surface area is 213 Å². The Bertz CT molecular complexity index is 1270. The van der Waals surface area contributed by atoms with Gasteiger partial charge in [-0.3, -0.25) is 9.59 Å². The van der Waals surface area contributed by atoms with Crippen molar-refractivity contribution < 1.29 is 39.2 Å². The van der Waals surface area contributed by atoms with E-state index in [4.69, 9.17) is 9.84 Å². The van der Waals surface area contributed by atoms with E-state index in [0.29, 0.717) is 6.42 Å². The fourth-order valence-electron chi connectivity index (χ4n) is 3.82. The van der Waals surface area contributed by atoms with Crippen LogP contribution in [0.15, 0.2) is 72.8 Å². The highest BCUT2D eigenvalue weighted by molar-refractivity contribution is 5.98. The molecule has 0 heterocycles. The number of amides is 1. The largest absolute Gasteiger partial charge is 0.482 e. The first-order valence-electron chi connectivity index (χ1n) is 11.5. The number of aliphatic carboxylic acids is 2. The van der Waals surface area contributed by atoms with E-state index >= 15 is 0 Å². The fourth-order valence-corrected chi connectivity index (χ4v) is 3.82. The number of hydrogen-bond acceptors (Lipinski definition) is 5. The van der Waals surface area contributed by atoms with E-state index in [-0.39, 0.29) is 23.3 Å². The number of carboxylic acids is 3. The number of ether oxygens (including phenoxy) is 1. The van der Waals surface area contributed by atoms with E-state index < -0.39 is 42.4 Å². The van der Waals surface area contributed by atoms with Gasteiger partial charge in [0.1, 0.15) is 5.75 Å². The standard InChI is InChI=1S/C28H27NO8/c1-17(27(33)34)11-23(12-18-7-9-20(10-8-18)19-5-3-2-4-6-19)29-26(32)21-13-22(28(35)36)15-24(14-21)37-16-25(30)31/h2-10,13-15,17,23H,11-12,16H2,1H3,(H,29,32)(H,30,31)(H,33,34)(H,35,36)/t17-,23?/m1/s1. The molecule has 1 amide bonds. The maximum Gasteiger partial charge on any atom is 0.341 e. The zero-order valence-electron chi connectivity index (χ0n) is 20.1. The van der Waals surface area contributed by atoms with E-state index in [1.807, 2.05) is 54.6 Å². The maximum absolute atomic E-state index is 13.1. The van der Waals surface area contributed by atoms with Crippen LogP contribution in [0.5, 0.6) is 5.75 Å². The summed E-state index contributed by atoms with van der Waals surface area (Å²) in [6.07, 6.45) is 0.488. The molecule has 0 aromatic heterocycles. The van der Waals surface area contributed by atoms with Crippen molar-refractivity contribution in [3.8, 4) is 16.9 Å². The van der Waals surface area contributed by atoms with Crippen molar-refractivity contribution in [3.63, 3.8) is 0 Å². The van der Waals surface area contributed by atoms with Crippen molar-refractivity contribution >= 4 is 23.8 Å². The number of carbonyl (C=O) groups is 4. The Morgan fingerprint density at radius 2 is 1.46 bits per heavy atom. The SMILES string of the molecule is C[C@H](CC(Cc1ccc(-c2ccccc2)cc1)NC(=O)c1cc(OCC(=O)O)cc(C(=O)O)c1)C(=O)O. The number of aromatic carboxylic acids is 1. The molecule has 0 aliphatic rings. The Morgan fingerprint density at radius 1 is 0.838 bits per heavy atom. The Hall–Kier alpha value is -4.66. The lowest BCUT2D eigenvalue weighted by molar-refractivity contribution is -0.141. The van der Waals surface area contributed by atoms with Gasteiger partial charge in [-0.15, -0.1) is 0 Å². The number of carbonyl (C=O) groups excluding carboxylic acids is 1. The third-order valence-corrected chi connectivity index (χ3v) is 5.72. The summed E-state index contributed by atoms with van der Waals surface area (Å²) in [4.78, 5) is 46.9. The van der Waals surface area contributed by atoms with Gasteiger partial charge in [0.05, 0.1) is 11.5 Å². The van der Waals surface area contributed by atoms with Crippen LogP contribution in [-0.4, -0.2) is 51.8 Å². The van der Waals surface area contributed by atoms with Crippen LogP contribution in [0.1, 0.15) is 39.6 Å². The highest BCUT2D eigenvalue weighted by Crippen LogP contribution is 2.22.